The van der Waals surface area contributed by atoms with E-state index in [1.54, 1.807) is 55.6 Å². The molecule has 0 fully saturated rings. The Morgan fingerprint density at radius 2 is 1.67 bits per heavy atom. The molecule has 2 aromatic carbocycles. The van der Waals surface area contributed by atoms with Crippen LogP contribution in [0.2, 0.25) is 0 Å². The molecule has 0 aromatic heterocycles. The molecular weight excluding hydrogens is 266 g/mol. The zero-order valence-electron chi connectivity index (χ0n) is 11.7. The van der Waals surface area contributed by atoms with Crippen LogP contribution in [0.3, 0.4) is 0 Å². The first-order valence-electron chi connectivity index (χ1n) is 6.57. The lowest BCUT2D eigenvalue weighted by molar-refractivity contribution is 0.0964. The van der Waals surface area contributed by atoms with Gasteiger partial charge < -0.3 is 16.4 Å². The van der Waals surface area contributed by atoms with Crippen LogP contribution in [0.5, 0.6) is 0 Å². The number of benzene rings is 2. The molecule has 0 atom stereocenters. The molecule has 2 aromatic rings. The van der Waals surface area contributed by atoms with E-state index in [2.05, 4.69) is 10.6 Å². The molecule has 2 amide bonds. The highest BCUT2D eigenvalue weighted by Gasteiger charge is 2.12. The van der Waals surface area contributed by atoms with Gasteiger partial charge in [-0.2, -0.15) is 0 Å². The van der Waals surface area contributed by atoms with Crippen molar-refractivity contribution in [1.82, 2.24) is 5.32 Å². The second-order valence-corrected chi connectivity index (χ2v) is 4.48. The molecule has 4 N–H and O–H groups in total. The van der Waals surface area contributed by atoms with Gasteiger partial charge in [-0.15, -0.1) is 0 Å². The molecule has 0 saturated carbocycles. The molecule has 0 bridgehead atoms. The summed E-state index contributed by atoms with van der Waals surface area (Å²) in [5, 5.41) is 5.29. The average molecular weight is 283 g/mol. The van der Waals surface area contributed by atoms with Gasteiger partial charge in [-0.05, 0) is 29.8 Å². The average Bonchev–Trinajstić information content (AvgIpc) is 2.54. The number of nitrogens with one attached hydrogen (secondary N) is 2. The molecule has 0 aliphatic rings. The summed E-state index contributed by atoms with van der Waals surface area (Å²) < 4.78 is 0. The van der Waals surface area contributed by atoms with Crippen LogP contribution < -0.4 is 16.4 Å². The van der Waals surface area contributed by atoms with Gasteiger partial charge in [0.05, 0.1) is 11.3 Å². The van der Waals surface area contributed by atoms with Crippen molar-refractivity contribution < 1.29 is 9.59 Å². The molecule has 5 nitrogen and oxygen atoms in total. The summed E-state index contributed by atoms with van der Waals surface area (Å²) in [4.78, 5) is 24.0. The van der Waals surface area contributed by atoms with Gasteiger partial charge in [-0.3, -0.25) is 9.59 Å². The maximum Gasteiger partial charge on any atom is 0.255 e. The summed E-state index contributed by atoms with van der Waals surface area (Å²) in [5.41, 5.74) is 7.89. The van der Waals surface area contributed by atoms with Crippen LogP contribution in [0.1, 0.15) is 26.3 Å². The minimum atomic E-state index is -0.269. The van der Waals surface area contributed by atoms with Crippen molar-refractivity contribution in [3.05, 3.63) is 65.2 Å². The minimum Gasteiger partial charge on any atom is -0.355 e. The molecule has 0 aliphatic heterocycles. The van der Waals surface area contributed by atoms with E-state index in [0.29, 0.717) is 23.4 Å². The second kappa shape index (κ2) is 6.67. The predicted octanol–water partition coefficient (Wildman–Crippen LogP) is 1.76. The zero-order valence-corrected chi connectivity index (χ0v) is 11.7. The van der Waals surface area contributed by atoms with Gasteiger partial charge >= 0.3 is 0 Å². The van der Waals surface area contributed by atoms with E-state index < -0.39 is 0 Å². The largest absolute Gasteiger partial charge is 0.355 e. The first-order chi connectivity index (χ1) is 10.2. The first-order valence-corrected chi connectivity index (χ1v) is 6.57. The van der Waals surface area contributed by atoms with Gasteiger partial charge in [0, 0.05) is 19.2 Å². The number of nitrogens with two attached hydrogens (primary N) is 1. The van der Waals surface area contributed by atoms with Gasteiger partial charge in [-0.25, -0.2) is 0 Å². The van der Waals surface area contributed by atoms with Gasteiger partial charge in [0.1, 0.15) is 0 Å². The minimum absolute atomic E-state index is 0.246. The van der Waals surface area contributed by atoms with Crippen molar-refractivity contribution in [1.29, 1.82) is 0 Å². The molecule has 5 heteroatoms. The lowest BCUT2D eigenvalue weighted by Gasteiger charge is -2.10. The van der Waals surface area contributed by atoms with Crippen molar-refractivity contribution in [3.63, 3.8) is 0 Å². The summed E-state index contributed by atoms with van der Waals surface area (Å²) in [6.45, 7) is 0.432. The van der Waals surface area contributed by atoms with Crippen molar-refractivity contribution in [2.24, 2.45) is 5.73 Å². The Balaban J connectivity index is 2.21. The van der Waals surface area contributed by atoms with Crippen LogP contribution in [0, 0.1) is 0 Å². The van der Waals surface area contributed by atoms with Crippen LogP contribution in [0.4, 0.5) is 5.69 Å². The van der Waals surface area contributed by atoms with Crippen molar-refractivity contribution >= 4 is 17.5 Å². The molecule has 0 spiro atoms. The third-order valence-corrected chi connectivity index (χ3v) is 3.10. The van der Waals surface area contributed by atoms with Gasteiger partial charge in [0.25, 0.3) is 11.8 Å². The maximum atomic E-state index is 12.2. The summed E-state index contributed by atoms with van der Waals surface area (Å²) in [6.07, 6.45) is 0. The monoisotopic (exact) mass is 283 g/mol. The SMILES string of the molecule is CNC(=O)c1ccccc1NC(=O)c1ccc(CN)cc1. The summed E-state index contributed by atoms with van der Waals surface area (Å²) in [6, 6.07) is 13.9. The fourth-order valence-corrected chi connectivity index (χ4v) is 1.91. The highest BCUT2D eigenvalue weighted by Crippen LogP contribution is 2.16. The quantitative estimate of drug-likeness (QED) is 0.799. The van der Waals surface area contributed by atoms with E-state index >= 15 is 0 Å². The Bertz CT molecular complexity index is 651. The van der Waals surface area contributed by atoms with Gasteiger partial charge in [0.2, 0.25) is 0 Å². The number of carbonyl (C=O) groups excluding carboxylic acids is 2. The van der Waals surface area contributed by atoms with Crippen LogP contribution in [0.15, 0.2) is 48.5 Å². The zero-order chi connectivity index (χ0) is 15.2. The maximum absolute atomic E-state index is 12.2. The molecule has 0 aliphatic carbocycles. The van der Waals surface area contributed by atoms with Gasteiger partial charge in [0.15, 0.2) is 0 Å². The molecule has 0 unspecified atom stereocenters. The molecule has 0 radical (unpaired) electrons. The fourth-order valence-electron chi connectivity index (χ4n) is 1.91. The van der Waals surface area contributed by atoms with Crippen LogP contribution in [-0.2, 0) is 6.54 Å². The third kappa shape index (κ3) is 3.46. The van der Waals surface area contributed by atoms with Crippen molar-refractivity contribution in [3.8, 4) is 0 Å². The number of carbonyl (C=O) groups is 2. The first kappa shape index (κ1) is 14.7. The number of rotatable bonds is 4. The van der Waals surface area contributed by atoms with Crippen LogP contribution >= 0.6 is 0 Å². The van der Waals surface area contributed by atoms with E-state index in [0.717, 1.165) is 5.56 Å². The Hall–Kier alpha value is -2.66. The third-order valence-electron chi connectivity index (χ3n) is 3.10. The Kier molecular flexibility index (Phi) is 4.68. The Morgan fingerprint density at radius 1 is 1.00 bits per heavy atom. The van der Waals surface area contributed by atoms with E-state index in [4.69, 9.17) is 5.73 Å². The number of hydrogen-bond donors (Lipinski definition) is 3. The van der Waals surface area contributed by atoms with E-state index in [-0.39, 0.29) is 11.8 Å². The summed E-state index contributed by atoms with van der Waals surface area (Å²) in [7, 11) is 1.55. The number of amides is 2. The lowest BCUT2D eigenvalue weighted by Crippen LogP contribution is -2.21. The Morgan fingerprint density at radius 3 is 2.29 bits per heavy atom. The number of hydrogen-bond acceptors (Lipinski definition) is 3. The number of anilines is 1. The standard InChI is InChI=1S/C16H17N3O2/c1-18-16(21)13-4-2-3-5-14(13)19-15(20)12-8-6-11(10-17)7-9-12/h2-9H,10,17H2,1H3,(H,18,21)(H,19,20). The second-order valence-electron chi connectivity index (χ2n) is 4.48. The highest BCUT2D eigenvalue weighted by atomic mass is 16.2. The Labute approximate surface area is 123 Å². The molecule has 0 heterocycles. The van der Waals surface area contributed by atoms with E-state index in [1.807, 2.05) is 0 Å². The van der Waals surface area contributed by atoms with E-state index in [9.17, 15) is 9.59 Å². The van der Waals surface area contributed by atoms with E-state index in [1.165, 1.54) is 0 Å². The molecule has 108 valence electrons. The lowest BCUT2D eigenvalue weighted by atomic mass is 10.1. The van der Waals surface area contributed by atoms with Crippen LogP contribution in [0.25, 0.3) is 0 Å². The summed E-state index contributed by atoms with van der Waals surface area (Å²) in [5.74, 6) is -0.515. The smallest absolute Gasteiger partial charge is 0.255 e. The molecule has 0 saturated heterocycles. The predicted molar refractivity (Wildman–Crippen MR) is 82.1 cm³/mol. The van der Waals surface area contributed by atoms with Crippen LogP contribution in [-0.4, -0.2) is 18.9 Å². The number of para-hydroxylation sites is 1. The molecule has 21 heavy (non-hydrogen) atoms. The highest BCUT2D eigenvalue weighted by molar-refractivity contribution is 6.08. The molecule has 2 rings (SSSR count). The fraction of sp³-hybridized carbons (Fsp3) is 0.125. The molecular formula is C16H17N3O2. The normalized spacial score (nSPS) is 10.0. The van der Waals surface area contributed by atoms with Gasteiger partial charge in [-0.1, -0.05) is 24.3 Å². The van der Waals surface area contributed by atoms with Crippen molar-refractivity contribution in [2.75, 3.05) is 12.4 Å². The summed E-state index contributed by atoms with van der Waals surface area (Å²) >= 11 is 0. The topological polar surface area (TPSA) is 84.2 Å². The van der Waals surface area contributed by atoms with Crippen molar-refractivity contribution in [2.45, 2.75) is 6.54 Å².